The zero-order valence-corrected chi connectivity index (χ0v) is 36.3. The number of rotatable bonds is 0. The van der Waals surface area contributed by atoms with E-state index in [2.05, 4.69) is 118 Å². The molecule has 0 aromatic heterocycles. The molecule has 0 saturated carbocycles. The molecule has 0 nitrogen and oxygen atoms in total. The monoisotopic (exact) mass is 752 g/mol. The van der Waals surface area contributed by atoms with Crippen LogP contribution in [0.15, 0.2) is 0 Å². The van der Waals surface area contributed by atoms with E-state index in [9.17, 15) is 0 Å². The predicted molar refractivity (Wildman–Crippen MR) is 157 cm³/mol. The van der Waals surface area contributed by atoms with Gasteiger partial charge in [0.1, 0.15) is 0 Å². The molecule has 0 fully saturated rings. The van der Waals surface area contributed by atoms with Crippen molar-refractivity contribution in [2.75, 3.05) is 0 Å². The molecule has 0 bridgehead atoms. The van der Waals surface area contributed by atoms with Crippen molar-refractivity contribution in [2.45, 2.75) is 118 Å². The van der Waals surface area contributed by atoms with Gasteiger partial charge in [0.2, 0.25) is 0 Å². The Kier molecular flexibility index (Phi) is 110. The van der Waals surface area contributed by atoms with Crippen LogP contribution in [-0.2, 0) is 0 Å². The van der Waals surface area contributed by atoms with E-state index in [1.54, 1.807) is 0 Å². The molecule has 0 aromatic carbocycles. The zero-order valence-electron chi connectivity index (χ0n) is 22.5. The van der Waals surface area contributed by atoms with Gasteiger partial charge in [-0.15, -0.1) is 0 Å². The van der Waals surface area contributed by atoms with Gasteiger partial charge in [-0.25, -0.2) is 0 Å². The van der Waals surface area contributed by atoms with Crippen LogP contribution in [0.4, 0.5) is 0 Å². The summed E-state index contributed by atoms with van der Waals surface area (Å²) in [6.07, 6.45) is 0. The van der Waals surface area contributed by atoms with Crippen LogP contribution in [-0.4, -0.2) is 118 Å². The summed E-state index contributed by atoms with van der Waals surface area (Å²) in [4.78, 5) is 0. The maximum atomic E-state index is 2.27. The quantitative estimate of drug-likeness (QED) is 0.233. The van der Waals surface area contributed by atoms with E-state index in [1.165, 1.54) is 0 Å². The van der Waals surface area contributed by atoms with E-state index in [4.69, 9.17) is 0 Å². The maximum absolute atomic E-state index is 2.27. The standard InChI is InChI=1S/6C3H9Si.Ge.2Sn/c6*1-4(2)3;;;/h6*1-3H3;;;. The normalized spacial score (nSPS) is 8.00. The van der Waals surface area contributed by atoms with Crippen LogP contribution >= 0.6 is 0 Å². The summed E-state index contributed by atoms with van der Waals surface area (Å²) < 4.78 is 0. The number of hydrogen-bond acceptors (Lipinski definition) is 0. The van der Waals surface area contributed by atoms with E-state index in [1.807, 2.05) is 0 Å². The summed E-state index contributed by atoms with van der Waals surface area (Å²) in [6, 6.07) is 0. The van der Waals surface area contributed by atoms with Gasteiger partial charge in [-0.05, 0) is 0 Å². The Hall–Kier alpha value is 3.44. The van der Waals surface area contributed by atoms with Crippen molar-refractivity contribution in [1.82, 2.24) is 0 Å². The summed E-state index contributed by atoms with van der Waals surface area (Å²) in [5.74, 6) is 0. The molecule has 0 N–H and O–H groups in total. The van der Waals surface area contributed by atoms with E-state index < -0.39 is 0 Å². The molecule has 0 aromatic rings. The maximum Gasteiger partial charge on any atom is 0.0379 e. The van der Waals surface area contributed by atoms with Gasteiger partial charge in [0.15, 0.2) is 0 Å². The van der Waals surface area contributed by atoms with E-state index >= 15 is 0 Å². The molecule has 27 heavy (non-hydrogen) atoms. The third-order valence-electron chi connectivity index (χ3n) is 0. The third kappa shape index (κ3) is 1870. The van der Waals surface area contributed by atoms with Crippen LogP contribution in [0.5, 0.6) is 0 Å². The van der Waals surface area contributed by atoms with Crippen LogP contribution in [0.25, 0.3) is 0 Å². The first-order chi connectivity index (χ1) is 10.4. The number of hydrogen-bond donors (Lipinski definition) is 0. The Morgan fingerprint density at radius 3 is 0.222 bits per heavy atom. The van der Waals surface area contributed by atoms with Crippen LogP contribution in [0.3, 0.4) is 0 Å². The molecule has 162 valence electrons. The summed E-state index contributed by atoms with van der Waals surface area (Å²) in [6.45, 7) is 40.8. The van der Waals surface area contributed by atoms with Crippen LogP contribution < -0.4 is 0 Å². The van der Waals surface area contributed by atoms with Gasteiger partial charge >= 0.3 is 0 Å². The Labute approximate surface area is 233 Å². The van der Waals surface area contributed by atoms with Crippen molar-refractivity contribution in [1.29, 1.82) is 0 Å². The molecule has 9 heteroatoms. The van der Waals surface area contributed by atoms with Crippen molar-refractivity contribution in [3.63, 3.8) is 0 Å². The molecule has 0 unspecified atom stereocenters. The van der Waals surface area contributed by atoms with Crippen molar-refractivity contribution in [3.05, 3.63) is 0 Å². The molecule has 18 radical (unpaired) electrons. The largest absolute Gasteiger partial charge is 0.0715 e. The second-order valence-corrected chi connectivity index (χ2v) is 27.0. The van der Waals surface area contributed by atoms with E-state index in [-0.39, 0.29) is 118 Å². The average Bonchev–Trinajstić information content (AvgIpc) is 2.08. The Balaban J connectivity index is -0.0000000201. The Morgan fingerprint density at radius 2 is 0.222 bits per heavy atom. The zero-order chi connectivity index (χ0) is 21.5. The molecule has 0 atom stereocenters. The summed E-state index contributed by atoms with van der Waals surface area (Å²) >= 11 is 0. The molecule has 0 rings (SSSR count). The molecule has 0 saturated heterocycles. The van der Waals surface area contributed by atoms with Gasteiger partial charge in [0.25, 0.3) is 0 Å². The molecular weight excluding hydrogens is 695 g/mol. The van der Waals surface area contributed by atoms with E-state index in [0.29, 0.717) is 0 Å². The Bertz CT molecular complexity index is 111. The first-order valence-corrected chi connectivity index (χ1v) is 27.0. The molecule has 0 aliphatic heterocycles. The van der Waals surface area contributed by atoms with Crippen molar-refractivity contribution < 1.29 is 0 Å². The molecule has 0 spiro atoms. The molecule has 0 aliphatic rings. The van der Waals surface area contributed by atoms with E-state index in [0.717, 1.165) is 0 Å². The minimum atomic E-state index is 0. The fourth-order valence-electron chi connectivity index (χ4n) is 0. The van der Waals surface area contributed by atoms with Crippen molar-refractivity contribution in [2.24, 2.45) is 0 Å². The van der Waals surface area contributed by atoms with Gasteiger partial charge in [0.05, 0.1) is 0 Å². The van der Waals surface area contributed by atoms with Crippen LogP contribution in [0, 0.1) is 0 Å². The second kappa shape index (κ2) is 51.8. The van der Waals surface area contributed by atoms with Crippen LogP contribution in [0.1, 0.15) is 0 Å². The van der Waals surface area contributed by atoms with Crippen molar-refractivity contribution >= 4 is 118 Å². The average molecular weight is 749 g/mol. The summed E-state index contributed by atoms with van der Waals surface area (Å²) in [7, 11) is 0.722. The van der Waals surface area contributed by atoms with Gasteiger partial charge in [-0.3, -0.25) is 0 Å². The molecule has 0 amide bonds. The minimum Gasteiger partial charge on any atom is -0.0715 e. The van der Waals surface area contributed by atoms with Gasteiger partial charge < -0.3 is 0 Å². The van der Waals surface area contributed by atoms with Crippen molar-refractivity contribution in [3.8, 4) is 0 Å². The van der Waals surface area contributed by atoms with Crippen LogP contribution in [0.2, 0.25) is 118 Å². The minimum absolute atomic E-state index is 0. The topological polar surface area (TPSA) is 0 Å². The molecule has 0 aliphatic carbocycles. The SMILES string of the molecule is C[Si](C)C.C[Si](C)C.C[Si](C)C.C[Si](C)C.C[Si](C)C.C[Si](C)C.[Ge].[Sn].[Sn]. The van der Waals surface area contributed by atoms with Gasteiger partial charge in [-0.1, -0.05) is 118 Å². The third-order valence-corrected chi connectivity index (χ3v) is 0. The summed E-state index contributed by atoms with van der Waals surface area (Å²) in [5, 5.41) is 0. The smallest absolute Gasteiger partial charge is 0.0379 e. The van der Waals surface area contributed by atoms with Gasteiger partial charge in [0, 0.05) is 118 Å². The Morgan fingerprint density at radius 1 is 0.222 bits per heavy atom. The van der Waals surface area contributed by atoms with Gasteiger partial charge in [-0.2, -0.15) is 0 Å². The first kappa shape index (κ1) is 57.4. The molecular formula is C18H54GeSi6Sn2. The molecule has 0 heterocycles. The second-order valence-electron chi connectivity index (χ2n) is 9.00. The summed E-state index contributed by atoms with van der Waals surface area (Å²) in [5.41, 5.74) is 0. The first-order valence-electron chi connectivity index (χ1n) is 9.00. The fourth-order valence-corrected chi connectivity index (χ4v) is 0. The predicted octanol–water partition coefficient (Wildman–Crippen LogP) is 7.08. The fraction of sp³-hybridized carbons (Fsp3) is 1.00.